The average Bonchev–Trinajstić information content (AvgIpc) is 2.88. The van der Waals surface area contributed by atoms with Crippen LogP contribution in [0.5, 0.6) is 5.75 Å². The van der Waals surface area contributed by atoms with Crippen LogP contribution in [0.25, 0.3) is 11.1 Å². The van der Waals surface area contributed by atoms with Gasteiger partial charge < -0.3 is 24.4 Å². The molecule has 1 N–H and O–H groups in total. The molecule has 0 aliphatic carbocycles. The highest BCUT2D eigenvalue weighted by Crippen LogP contribution is 2.35. The molecule has 0 saturated carbocycles. The largest absolute Gasteiger partial charge is 0.465 e. The van der Waals surface area contributed by atoms with Gasteiger partial charge in [0.05, 0.1) is 6.61 Å². The highest BCUT2D eigenvalue weighted by atomic mass is 16.7. The van der Waals surface area contributed by atoms with E-state index in [0.717, 1.165) is 66.8 Å². The topological polar surface area (TPSA) is 79.3 Å². The molecule has 0 radical (unpaired) electrons. The number of carboxylic acid groups (broad SMARTS) is 1. The van der Waals surface area contributed by atoms with Gasteiger partial charge in [0.1, 0.15) is 5.75 Å². The predicted molar refractivity (Wildman–Crippen MR) is 128 cm³/mol. The van der Waals surface area contributed by atoms with Gasteiger partial charge in [0.2, 0.25) is 6.29 Å². The minimum absolute atomic E-state index is 0.117. The van der Waals surface area contributed by atoms with Gasteiger partial charge in [-0.1, -0.05) is 25.1 Å². The molecule has 2 aromatic carbocycles. The van der Waals surface area contributed by atoms with Crippen LogP contribution in [0.2, 0.25) is 0 Å². The van der Waals surface area contributed by atoms with E-state index >= 15 is 0 Å². The number of amides is 2. The lowest BCUT2D eigenvalue weighted by Crippen LogP contribution is -2.43. The number of hydrogen-bond acceptors (Lipinski definition) is 4. The first kappa shape index (κ1) is 22.7. The maximum Gasteiger partial charge on any atom is 0.407 e. The zero-order valence-electron chi connectivity index (χ0n) is 19.6. The van der Waals surface area contributed by atoms with Gasteiger partial charge in [0, 0.05) is 43.2 Å². The number of ether oxygens (including phenoxy) is 2. The van der Waals surface area contributed by atoms with E-state index in [1.54, 1.807) is 0 Å². The molecule has 2 fully saturated rings. The molecule has 3 aliphatic rings. The van der Waals surface area contributed by atoms with Crippen molar-refractivity contribution in [1.82, 2.24) is 9.80 Å². The van der Waals surface area contributed by atoms with Crippen molar-refractivity contribution in [1.29, 1.82) is 0 Å². The number of likely N-dealkylation sites (tertiary alicyclic amines) is 2. The van der Waals surface area contributed by atoms with E-state index < -0.39 is 6.09 Å². The second-order valence-electron chi connectivity index (χ2n) is 9.78. The second kappa shape index (κ2) is 9.66. The maximum absolute atomic E-state index is 12.8. The third kappa shape index (κ3) is 4.75. The summed E-state index contributed by atoms with van der Waals surface area (Å²) in [6.07, 6.45) is 2.44. The second-order valence-corrected chi connectivity index (χ2v) is 9.78. The Balaban J connectivity index is 1.22. The summed E-state index contributed by atoms with van der Waals surface area (Å²) in [7, 11) is 0. The number of benzene rings is 2. The Morgan fingerprint density at radius 2 is 1.53 bits per heavy atom. The minimum atomic E-state index is -0.861. The zero-order chi connectivity index (χ0) is 23.7. The van der Waals surface area contributed by atoms with Crippen LogP contribution in [-0.2, 0) is 11.3 Å². The van der Waals surface area contributed by atoms with Crippen molar-refractivity contribution < 1.29 is 24.2 Å². The third-order valence-corrected chi connectivity index (χ3v) is 7.44. The van der Waals surface area contributed by atoms with E-state index in [1.165, 1.54) is 4.90 Å². The molecule has 0 aromatic heterocycles. The lowest BCUT2D eigenvalue weighted by atomic mass is 9.95. The Morgan fingerprint density at radius 3 is 2.21 bits per heavy atom. The van der Waals surface area contributed by atoms with Crippen LogP contribution < -0.4 is 4.74 Å². The van der Waals surface area contributed by atoms with Crippen molar-refractivity contribution in [3.05, 3.63) is 53.6 Å². The summed E-state index contributed by atoms with van der Waals surface area (Å²) in [5.74, 6) is 1.83. The number of hydrogen-bond donors (Lipinski definition) is 1. The SMILES string of the molecule is CC1CCN(C(=O)c2ccc(-c3ccc4c(c3)COC(C3CCN(C(=O)O)CC3)O4)cc2)CC1. The van der Waals surface area contributed by atoms with Crippen LogP contribution in [0.1, 0.15) is 48.5 Å². The third-order valence-electron chi connectivity index (χ3n) is 7.44. The van der Waals surface area contributed by atoms with Crippen molar-refractivity contribution in [2.24, 2.45) is 11.8 Å². The number of fused-ring (bicyclic) bond motifs is 1. The standard InChI is InChI=1S/C27H32N2O5/c1-18-8-12-28(13-9-18)25(30)20-4-2-19(3-5-20)22-6-7-24-23(16-22)17-33-26(34-24)21-10-14-29(15-11-21)27(31)32/h2-7,16,18,21,26H,8-15,17H2,1H3,(H,31,32). The fourth-order valence-corrected chi connectivity index (χ4v) is 5.11. The summed E-state index contributed by atoms with van der Waals surface area (Å²) in [6, 6.07) is 14.0. The van der Waals surface area contributed by atoms with Gasteiger partial charge in [-0.3, -0.25) is 4.79 Å². The molecule has 1 unspecified atom stereocenters. The molecule has 3 heterocycles. The van der Waals surface area contributed by atoms with Crippen LogP contribution in [0.15, 0.2) is 42.5 Å². The smallest absolute Gasteiger partial charge is 0.407 e. The summed E-state index contributed by atoms with van der Waals surface area (Å²) in [5.41, 5.74) is 3.85. The first-order valence-corrected chi connectivity index (χ1v) is 12.3. The van der Waals surface area contributed by atoms with Crippen molar-refractivity contribution in [3.63, 3.8) is 0 Å². The fraction of sp³-hybridized carbons (Fsp3) is 0.481. The van der Waals surface area contributed by atoms with Crippen LogP contribution in [0.4, 0.5) is 4.79 Å². The molecule has 2 saturated heterocycles. The van der Waals surface area contributed by atoms with E-state index in [2.05, 4.69) is 13.0 Å². The van der Waals surface area contributed by atoms with Crippen LogP contribution >= 0.6 is 0 Å². The summed E-state index contributed by atoms with van der Waals surface area (Å²) in [5, 5.41) is 9.14. The molecule has 0 spiro atoms. The van der Waals surface area contributed by atoms with Gasteiger partial charge in [-0.25, -0.2) is 4.79 Å². The normalized spacial score (nSPS) is 21.6. The summed E-state index contributed by atoms with van der Waals surface area (Å²) in [4.78, 5) is 27.4. The minimum Gasteiger partial charge on any atom is -0.465 e. The molecule has 7 nitrogen and oxygen atoms in total. The van der Waals surface area contributed by atoms with Gasteiger partial charge in [-0.2, -0.15) is 0 Å². The molecule has 5 rings (SSSR count). The Morgan fingerprint density at radius 1 is 0.882 bits per heavy atom. The highest BCUT2D eigenvalue weighted by Gasteiger charge is 2.33. The average molecular weight is 465 g/mol. The lowest BCUT2D eigenvalue weighted by Gasteiger charge is -2.36. The number of rotatable bonds is 3. The molecular weight excluding hydrogens is 432 g/mol. The molecular formula is C27H32N2O5. The Bertz CT molecular complexity index is 1040. The Labute approximate surface area is 200 Å². The van der Waals surface area contributed by atoms with Gasteiger partial charge in [0.25, 0.3) is 5.91 Å². The molecule has 1 atom stereocenters. The molecule has 3 aliphatic heterocycles. The van der Waals surface area contributed by atoms with Gasteiger partial charge >= 0.3 is 6.09 Å². The zero-order valence-corrected chi connectivity index (χ0v) is 19.6. The van der Waals surface area contributed by atoms with E-state index in [9.17, 15) is 9.59 Å². The molecule has 7 heteroatoms. The van der Waals surface area contributed by atoms with Gasteiger partial charge in [-0.15, -0.1) is 0 Å². The number of nitrogens with zero attached hydrogens (tertiary/aromatic N) is 2. The van der Waals surface area contributed by atoms with Crippen molar-refractivity contribution >= 4 is 12.0 Å². The Kier molecular flexibility index (Phi) is 6.46. The molecule has 34 heavy (non-hydrogen) atoms. The number of piperidine rings is 2. The lowest BCUT2D eigenvalue weighted by molar-refractivity contribution is -0.148. The van der Waals surface area contributed by atoms with Crippen molar-refractivity contribution in [2.75, 3.05) is 26.2 Å². The Hall–Kier alpha value is -3.06. The quantitative estimate of drug-likeness (QED) is 0.702. The summed E-state index contributed by atoms with van der Waals surface area (Å²) < 4.78 is 12.2. The molecule has 2 aromatic rings. The molecule has 0 bridgehead atoms. The first-order chi connectivity index (χ1) is 16.5. The fourth-order valence-electron chi connectivity index (χ4n) is 5.11. The summed E-state index contributed by atoms with van der Waals surface area (Å²) in [6.45, 7) is 5.43. The predicted octanol–water partition coefficient (Wildman–Crippen LogP) is 4.85. The highest BCUT2D eigenvalue weighted by molar-refractivity contribution is 5.94. The van der Waals surface area contributed by atoms with E-state index in [1.807, 2.05) is 41.3 Å². The summed E-state index contributed by atoms with van der Waals surface area (Å²) >= 11 is 0. The van der Waals surface area contributed by atoms with E-state index in [0.29, 0.717) is 25.6 Å². The van der Waals surface area contributed by atoms with Crippen molar-refractivity contribution in [3.8, 4) is 16.9 Å². The number of carbonyl (C=O) groups excluding carboxylic acids is 1. The van der Waals surface area contributed by atoms with Crippen LogP contribution in [0, 0.1) is 11.8 Å². The molecule has 180 valence electrons. The number of carbonyl (C=O) groups is 2. The van der Waals surface area contributed by atoms with Crippen LogP contribution in [-0.4, -0.2) is 59.4 Å². The van der Waals surface area contributed by atoms with E-state index in [-0.39, 0.29) is 18.1 Å². The van der Waals surface area contributed by atoms with Gasteiger partial charge in [0.15, 0.2) is 0 Å². The van der Waals surface area contributed by atoms with Crippen LogP contribution in [0.3, 0.4) is 0 Å². The van der Waals surface area contributed by atoms with Gasteiger partial charge in [-0.05, 0) is 67.0 Å². The monoisotopic (exact) mass is 464 g/mol. The maximum atomic E-state index is 12.8. The first-order valence-electron chi connectivity index (χ1n) is 12.3. The van der Waals surface area contributed by atoms with Crippen molar-refractivity contribution in [2.45, 2.75) is 45.5 Å². The molecule has 2 amide bonds. The van der Waals surface area contributed by atoms with E-state index in [4.69, 9.17) is 14.6 Å².